The molecule has 0 aliphatic carbocycles. The summed E-state index contributed by atoms with van der Waals surface area (Å²) in [4.78, 5) is 6.83. The average Bonchev–Trinajstić information content (AvgIpc) is 2.46. The topological polar surface area (TPSA) is 28.2 Å². The number of aromatic nitrogens is 1. The molecule has 0 spiro atoms. The Morgan fingerprint density at radius 3 is 3.20 bits per heavy atom. The standard InChI is InChI=1S/C12H19N3/c1-11-5-8-15(9-7-13-11)10-12-4-2-3-6-14-12/h2-4,6,11,13H,5,7-10H2,1H3. The Morgan fingerprint density at radius 2 is 2.40 bits per heavy atom. The fraction of sp³-hybridized carbons (Fsp3) is 0.583. The zero-order chi connectivity index (χ0) is 10.5. The zero-order valence-corrected chi connectivity index (χ0v) is 9.32. The Kier molecular flexibility index (Phi) is 3.69. The highest BCUT2D eigenvalue weighted by Crippen LogP contribution is 2.05. The lowest BCUT2D eigenvalue weighted by Gasteiger charge is -2.18. The lowest BCUT2D eigenvalue weighted by molar-refractivity contribution is 0.279. The van der Waals surface area contributed by atoms with E-state index in [9.17, 15) is 0 Å². The van der Waals surface area contributed by atoms with Crippen molar-refractivity contribution in [3.8, 4) is 0 Å². The summed E-state index contributed by atoms with van der Waals surface area (Å²) < 4.78 is 0. The van der Waals surface area contributed by atoms with Crippen LogP contribution in [0.2, 0.25) is 0 Å². The monoisotopic (exact) mass is 205 g/mol. The van der Waals surface area contributed by atoms with Gasteiger partial charge in [0.2, 0.25) is 0 Å². The molecule has 3 nitrogen and oxygen atoms in total. The van der Waals surface area contributed by atoms with Crippen LogP contribution in [0.1, 0.15) is 19.0 Å². The van der Waals surface area contributed by atoms with E-state index < -0.39 is 0 Å². The highest BCUT2D eigenvalue weighted by molar-refractivity contribution is 5.03. The first kappa shape index (κ1) is 10.6. The molecule has 1 aromatic rings. The Hall–Kier alpha value is -0.930. The summed E-state index contributed by atoms with van der Waals surface area (Å²) in [5, 5.41) is 3.50. The molecule has 1 fully saturated rings. The number of nitrogens with one attached hydrogen (secondary N) is 1. The van der Waals surface area contributed by atoms with Crippen LogP contribution in [0.5, 0.6) is 0 Å². The summed E-state index contributed by atoms with van der Waals surface area (Å²) in [6, 6.07) is 6.77. The Balaban J connectivity index is 1.89. The normalized spacial score (nSPS) is 23.7. The Bertz CT molecular complexity index is 286. The quantitative estimate of drug-likeness (QED) is 0.788. The van der Waals surface area contributed by atoms with Gasteiger partial charge in [-0.05, 0) is 25.5 Å². The SMILES string of the molecule is CC1CCN(Cc2ccccn2)CCN1. The fourth-order valence-corrected chi connectivity index (χ4v) is 1.94. The van der Waals surface area contributed by atoms with Crippen molar-refractivity contribution in [2.24, 2.45) is 0 Å². The average molecular weight is 205 g/mol. The van der Waals surface area contributed by atoms with Crippen LogP contribution < -0.4 is 5.32 Å². The second kappa shape index (κ2) is 5.24. The van der Waals surface area contributed by atoms with Gasteiger partial charge in [0.05, 0.1) is 5.69 Å². The second-order valence-corrected chi connectivity index (χ2v) is 4.24. The smallest absolute Gasteiger partial charge is 0.0543 e. The molecule has 1 unspecified atom stereocenters. The van der Waals surface area contributed by atoms with Crippen LogP contribution in [0.25, 0.3) is 0 Å². The lowest BCUT2D eigenvalue weighted by Crippen LogP contribution is -2.29. The molecular weight excluding hydrogens is 186 g/mol. The summed E-state index contributed by atoms with van der Waals surface area (Å²) in [5.74, 6) is 0. The molecule has 2 rings (SSSR count). The van der Waals surface area contributed by atoms with E-state index in [1.807, 2.05) is 12.3 Å². The molecule has 0 saturated carbocycles. The number of hydrogen-bond donors (Lipinski definition) is 1. The molecule has 1 saturated heterocycles. The van der Waals surface area contributed by atoms with Crippen LogP contribution in [-0.4, -0.2) is 35.6 Å². The fourth-order valence-electron chi connectivity index (χ4n) is 1.94. The van der Waals surface area contributed by atoms with Gasteiger partial charge in [-0.1, -0.05) is 6.07 Å². The molecule has 1 N–H and O–H groups in total. The zero-order valence-electron chi connectivity index (χ0n) is 9.32. The molecule has 0 radical (unpaired) electrons. The minimum absolute atomic E-state index is 0.652. The van der Waals surface area contributed by atoms with Crippen LogP contribution >= 0.6 is 0 Å². The molecule has 1 atom stereocenters. The van der Waals surface area contributed by atoms with Crippen molar-refractivity contribution < 1.29 is 0 Å². The van der Waals surface area contributed by atoms with Crippen molar-refractivity contribution in [1.82, 2.24) is 15.2 Å². The van der Waals surface area contributed by atoms with Crippen molar-refractivity contribution in [2.45, 2.75) is 25.9 Å². The van der Waals surface area contributed by atoms with E-state index >= 15 is 0 Å². The minimum atomic E-state index is 0.652. The van der Waals surface area contributed by atoms with Gasteiger partial charge in [-0.15, -0.1) is 0 Å². The molecule has 1 aliphatic heterocycles. The largest absolute Gasteiger partial charge is 0.313 e. The van der Waals surface area contributed by atoms with E-state index in [-0.39, 0.29) is 0 Å². The summed E-state index contributed by atoms with van der Waals surface area (Å²) in [7, 11) is 0. The summed E-state index contributed by atoms with van der Waals surface area (Å²) in [6.45, 7) is 6.62. The maximum atomic E-state index is 4.36. The summed E-state index contributed by atoms with van der Waals surface area (Å²) in [5.41, 5.74) is 1.17. The number of hydrogen-bond acceptors (Lipinski definition) is 3. The Labute approximate surface area is 91.5 Å². The molecule has 82 valence electrons. The van der Waals surface area contributed by atoms with E-state index in [2.05, 4.69) is 34.3 Å². The number of pyridine rings is 1. The van der Waals surface area contributed by atoms with Gasteiger partial charge in [-0.2, -0.15) is 0 Å². The first-order valence-corrected chi connectivity index (χ1v) is 5.70. The highest BCUT2D eigenvalue weighted by Gasteiger charge is 2.13. The maximum Gasteiger partial charge on any atom is 0.0543 e. The van der Waals surface area contributed by atoms with E-state index in [1.54, 1.807) is 0 Å². The minimum Gasteiger partial charge on any atom is -0.313 e. The predicted octanol–water partition coefficient (Wildman–Crippen LogP) is 1.27. The van der Waals surface area contributed by atoms with Crippen molar-refractivity contribution in [3.05, 3.63) is 30.1 Å². The lowest BCUT2D eigenvalue weighted by atomic mass is 10.2. The first-order valence-electron chi connectivity index (χ1n) is 5.70. The van der Waals surface area contributed by atoms with Crippen molar-refractivity contribution >= 4 is 0 Å². The van der Waals surface area contributed by atoms with Gasteiger partial charge in [-0.25, -0.2) is 0 Å². The number of rotatable bonds is 2. The van der Waals surface area contributed by atoms with Crippen LogP contribution in [0.3, 0.4) is 0 Å². The predicted molar refractivity (Wildman–Crippen MR) is 61.6 cm³/mol. The molecule has 1 aliphatic rings. The number of nitrogens with zero attached hydrogens (tertiary/aromatic N) is 2. The van der Waals surface area contributed by atoms with E-state index in [1.165, 1.54) is 18.7 Å². The van der Waals surface area contributed by atoms with E-state index in [4.69, 9.17) is 0 Å². The van der Waals surface area contributed by atoms with Crippen LogP contribution in [-0.2, 0) is 6.54 Å². The van der Waals surface area contributed by atoms with Crippen molar-refractivity contribution in [2.75, 3.05) is 19.6 Å². The maximum absolute atomic E-state index is 4.36. The van der Waals surface area contributed by atoms with Gasteiger partial charge in [0.15, 0.2) is 0 Å². The summed E-state index contributed by atoms with van der Waals surface area (Å²) in [6.07, 6.45) is 3.10. The first-order chi connectivity index (χ1) is 7.34. The molecule has 15 heavy (non-hydrogen) atoms. The molecule has 1 aromatic heterocycles. The van der Waals surface area contributed by atoms with Gasteiger partial charge >= 0.3 is 0 Å². The second-order valence-electron chi connectivity index (χ2n) is 4.24. The van der Waals surface area contributed by atoms with Gasteiger partial charge < -0.3 is 5.32 Å². The molecule has 0 bridgehead atoms. The van der Waals surface area contributed by atoms with Crippen LogP contribution in [0, 0.1) is 0 Å². The van der Waals surface area contributed by atoms with Crippen molar-refractivity contribution in [3.63, 3.8) is 0 Å². The van der Waals surface area contributed by atoms with Gasteiger partial charge in [-0.3, -0.25) is 9.88 Å². The van der Waals surface area contributed by atoms with Gasteiger partial charge in [0.25, 0.3) is 0 Å². The van der Waals surface area contributed by atoms with Crippen LogP contribution in [0.4, 0.5) is 0 Å². The van der Waals surface area contributed by atoms with Gasteiger partial charge in [0, 0.05) is 38.4 Å². The molecule has 0 amide bonds. The third kappa shape index (κ3) is 3.29. The molecule has 2 heterocycles. The molecule has 0 aromatic carbocycles. The highest BCUT2D eigenvalue weighted by atomic mass is 15.2. The van der Waals surface area contributed by atoms with Crippen LogP contribution in [0.15, 0.2) is 24.4 Å². The third-order valence-corrected chi connectivity index (χ3v) is 2.91. The van der Waals surface area contributed by atoms with Crippen molar-refractivity contribution in [1.29, 1.82) is 0 Å². The van der Waals surface area contributed by atoms with E-state index in [0.717, 1.165) is 19.6 Å². The molecule has 3 heteroatoms. The third-order valence-electron chi connectivity index (χ3n) is 2.91. The summed E-state index contributed by atoms with van der Waals surface area (Å²) >= 11 is 0. The molecular formula is C12H19N3. The Morgan fingerprint density at radius 1 is 1.47 bits per heavy atom. The van der Waals surface area contributed by atoms with Gasteiger partial charge in [0.1, 0.15) is 0 Å². The van der Waals surface area contributed by atoms with E-state index in [0.29, 0.717) is 6.04 Å².